The summed E-state index contributed by atoms with van der Waals surface area (Å²) in [6.45, 7) is 5.84. The van der Waals surface area contributed by atoms with Crippen molar-refractivity contribution >= 4 is 11.9 Å². The summed E-state index contributed by atoms with van der Waals surface area (Å²) in [5.74, 6) is -0.915. The summed E-state index contributed by atoms with van der Waals surface area (Å²) in [5, 5.41) is 12.0. The molecule has 0 spiro atoms. The van der Waals surface area contributed by atoms with Crippen LogP contribution in [-0.2, 0) is 9.59 Å². The summed E-state index contributed by atoms with van der Waals surface area (Å²) in [7, 11) is 4.05. The van der Waals surface area contributed by atoms with Gasteiger partial charge in [-0.3, -0.25) is 9.59 Å². The van der Waals surface area contributed by atoms with Crippen LogP contribution in [-0.4, -0.2) is 49.1 Å². The molecule has 0 radical (unpaired) electrons. The van der Waals surface area contributed by atoms with Crippen molar-refractivity contribution in [3.8, 4) is 0 Å². The maximum absolute atomic E-state index is 12.1. The van der Waals surface area contributed by atoms with Crippen LogP contribution in [0, 0.1) is 17.3 Å². The first-order valence-electron chi connectivity index (χ1n) is 7.36. The SMILES string of the molecule is CN(C)CC(C)(C)CNC(=O)C1CCC(C(=O)O)CC1. The smallest absolute Gasteiger partial charge is 0.306 e. The zero-order valence-corrected chi connectivity index (χ0v) is 13.1. The first kappa shape index (κ1) is 17.0. The van der Waals surface area contributed by atoms with E-state index in [2.05, 4.69) is 24.1 Å². The highest BCUT2D eigenvalue weighted by Crippen LogP contribution is 2.29. The molecule has 116 valence electrons. The number of hydrogen-bond acceptors (Lipinski definition) is 3. The van der Waals surface area contributed by atoms with Gasteiger partial charge in [0.2, 0.25) is 5.91 Å². The molecule has 0 heterocycles. The van der Waals surface area contributed by atoms with Gasteiger partial charge >= 0.3 is 5.97 Å². The van der Waals surface area contributed by atoms with Crippen LogP contribution in [0.25, 0.3) is 0 Å². The van der Waals surface area contributed by atoms with Crippen molar-refractivity contribution in [2.75, 3.05) is 27.2 Å². The molecule has 0 aromatic heterocycles. The molecule has 1 rings (SSSR count). The minimum absolute atomic E-state index is 0.0132. The molecule has 0 aromatic carbocycles. The Kier molecular flexibility index (Phi) is 5.99. The van der Waals surface area contributed by atoms with Crippen LogP contribution in [0.3, 0.4) is 0 Å². The summed E-state index contributed by atoms with van der Waals surface area (Å²) >= 11 is 0. The predicted molar refractivity (Wildman–Crippen MR) is 78.4 cm³/mol. The number of carboxylic acids is 1. The van der Waals surface area contributed by atoms with Crippen molar-refractivity contribution in [3.05, 3.63) is 0 Å². The minimum atomic E-state index is -0.726. The molecule has 20 heavy (non-hydrogen) atoms. The zero-order chi connectivity index (χ0) is 15.3. The van der Waals surface area contributed by atoms with Crippen molar-refractivity contribution in [2.24, 2.45) is 17.3 Å². The molecular formula is C15H28N2O3. The Hall–Kier alpha value is -1.10. The highest BCUT2D eigenvalue weighted by molar-refractivity contribution is 5.79. The first-order chi connectivity index (χ1) is 9.21. The zero-order valence-electron chi connectivity index (χ0n) is 13.1. The van der Waals surface area contributed by atoms with E-state index in [0.717, 1.165) is 6.54 Å². The molecule has 5 heteroatoms. The third-order valence-electron chi connectivity index (χ3n) is 3.93. The minimum Gasteiger partial charge on any atom is -0.481 e. The lowest BCUT2D eigenvalue weighted by Crippen LogP contribution is -2.42. The Bertz CT molecular complexity index is 345. The molecule has 1 aliphatic rings. The third kappa shape index (κ3) is 5.49. The van der Waals surface area contributed by atoms with Gasteiger partial charge < -0.3 is 15.3 Å². The topological polar surface area (TPSA) is 69.6 Å². The van der Waals surface area contributed by atoms with E-state index in [-0.39, 0.29) is 23.2 Å². The number of nitrogens with zero attached hydrogens (tertiary/aromatic N) is 1. The molecule has 0 aliphatic heterocycles. The Morgan fingerprint density at radius 1 is 1.15 bits per heavy atom. The summed E-state index contributed by atoms with van der Waals surface area (Å²) in [6.07, 6.45) is 2.62. The molecule has 0 bridgehead atoms. The normalized spacial score (nSPS) is 23.6. The van der Waals surface area contributed by atoms with Crippen LogP contribution < -0.4 is 5.32 Å². The second-order valence-electron chi connectivity index (χ2n) is 7.01. The molecular weight excluding hydrogens is 256 g/mol. The van der Waals surface area contributed by atoms with Gasteiger partial charge in [-0.05, 0) is 45.2 Å². The van der Waals surface area contributed by atoms with Crippen molar-refractivity contribution in [1.29, 1.82) is 0 Å². The quantitative estimate of drug-likeness (QED) is 0.777. The second kappa shape index (κ2) is 7.07. The number of nitrogens with one attached hydrogen (secondary N) is 1. The predicted octanol–water partition coefficient (Wildman–Crippen LogP) is 1.58. The Balaban J connectivity index is 2.35. The Morgan fingerprint density at radius 3 is 2.10 bits per heavy atom. The van der Waals surface area contributed by atoms with Gasteiger partial charge in [-0.2, -0.15) is 0 Å². The van der Waals surface area contributed by atoms with E-state index in [0.29, 0.717) is 32.2 Å². The van der Waals surface area contributed by atoms with E-state index < -0.39 is 5.97 Å². The lowest BCUT2D eigenvalue weighted by atomic mass is 9.81. The van der Waals surface area contributed by atoms with Crippen LogP contribution in [0.5, 0.6) is 0 Å². The van der Waals surface area contributed by atoms with E-state index in [1.54, 1.807) is 0 Å². The van der Waals surface area contributed by atoms with Gasteiger partial charge in [-0.1, -0.05) is 13.8 Å². The molecule has 0 unspecified atom stereocenters. The van der Waals surface area contributed by atoms with Crippen LogP contribution in [0.15, 0.2) is 0 Å². The molecule has 1 aliphatic carbocycles. The number of aliphatic carboxylic acids is 1. The molecule has 0 atom stereocenters. The molecule has 1 fully saturated rings. The Morgan fingerprint density at radius 2 is 1.65 bits per heavy atom. The van der Waals surface area contributed by atoms with Gasteiger partial charge in [0.05, 0.1) is 5.92 Å². The average Bonchev–Trinajstić information content (AvgIpc) is 2.34. The van der Waals surface area contributed by atoms with Crippen molar-refractivity contribution in [2.45, 2.75) is 39.5 Å². The largest absolute Gasteiger partial charge is 0.481 e. The second-order valence-corrected chi connectivity index (χ2v) is 7.01. The van der Waals surface area contributed by atoms with Gasteiger partial charge in [0.15, 0.2) is 0 Å². The van der Waals surface area contributed by atoms with Gasteiger partial charge in [0, 0.05) is 19.0 Å². The van der Waals surface area contributed by atoms with Crippen molar-refractivity contribution in [1.82, 2.24) is 10.2 Å². The van der Waals surface area contributed by atoms with E-state index in [1.807, 2.05) is 14.1 Å². The molecule has 5 nitrogen and oxygen atoms in total. The number of amides is 1. The summed E-state index contributed by atoms with van der Waals surface area (Å²) < 4.78 is 0. The average molecular weight is 284 g/mol. The first-order valence-corrected chi connectivity index (χ1v) is 7.36. The molecule has 2 N–H and O–H groups in total. The number of rotatable bonds is 6. The number of carboxylic acid groups (broad SMARTS) is 1. The number of carbonyl (C=O) groups excluding carboxylic acids is 1. The summed E-state index contributed by atoms with van der Waals surface area (Å²) in [4.78, 5) is 25.1. The van der Waals surface area contributed by atoms with E-state index in [4.69, 9.17) is 5.11 Å². The fourth-order valence-corrected chi connectivity index (χ4v) is 2.99. The number of carbonyl (C=O) groups is 2. The van der Waals surface area contributed by atoms with Crippen LogP contribution in [0.4, 0.5) is 0 Å². The summed E-state index contributed by atoms with van der Waals surface area (Å²) in [5.41, 5.74) is 0.0391. The number of hydrogen-bond donors (Lipinski definition) is 2. The van der Waals surface area contributed by atoms with Crippen LogP contribution in [0.1, 0.15) is 39.5 Å². The maximum atomic E-state index is 12.1. The molecule has 1 amide bonds. The fraction of sp³-hybridized carbons (Fsp3) is 0.867. The van der Waals surface area contributed by atoms with Crippen LogP contribution >= 0.6 is 0 Å². The van der Waals surface area contributed by atoms with Gasteiger partial charge in [0.25, 0.3) is 0 Å². The van der Waals surface area contributed by atoms with Gasteiger partial charge in [-0.25, -0.2) is 0 Å². The van der Waals surface area contributed by atoms with Crippen molar-refractivity contribution < 1.29 is 14.7 Å². The fourth-order valence-electron chi connectivity index (χ4n) is 2.99. The standard InChI is InChI=1S/C15H28N2O3/c1-15(2,10-17(3)4)9-16-13(18)11-5-7-12(8-6-11)14(19)20/h11-12H,5-10H2,1-4H3,(H,16,18)(H,19,20). The van der Waals surface area contributed by atoms with Gasteiger partial charge in [0.1, 0.15) is 0 Å². The van der Waals surface area contributed by atoms with E-state index in [9.17, 15) is 9.59 Å². The molecule has 0 saturated heterocycles. The Labute approximate surface area is 121 Å². The molecule has 1 saturated carbocycles. The lowest BCUT2D eigenvalue weighted by Gasteiger charge is -2.30. The highest BCUT2D eigenvalue weighted by Gasteiger charge is 2.30. The van der Waals surface area contributed by atoms with Gasteiger partial charge in [-0.15, -0.1) is 0 Å². The maximum Gasteiger partial charge on any atom is 0.306 e. The van der Waals surface area contributed by atoms with Crippen molar-refractivity contribution in [3.63, 3.8) is 0 Å². The summed E-state index contributed by atoms with van der Waals surface area (Å²) in [6, 6.07) is 0. The molecule has 0 aromatic rings. The third-order valence-corrected chi connectivity index (χ3v) is 3.93. The monoisotopic (exact) mass is 284 g/mol. The lowest BCUT2D eigenvalue weighted by molar-refractivity contribution is -0.144. The van der Waals surface area contributed by atoms with E-state index in [1.165, 1.54) is 0 Å². The van der Waals surface area contributed by atoms with Crippen LogP contribution in [0.2, 0.25) is 0 Å². The van der Waals surface area contributed by atoms with E-state index >= 15 is 0 Å². The highest BCUT2D eigenvalue weighted by atomic mass is 16.4.